The zero-order chi connectivity index (χ0) is 17.4. The van der Waals surface area contributed by atoms with Crippen LogP contribution in [0.5, 0.6) is 0 Å². The van der Waals surface area contributed by atoms with E-state index >= 15 is 0 Å². The maximum absolute atomic E-state index is 12.1. The first-order valence-corrected chi connectivity index (χ1v) is 8.40. The van der Waals surface area contributed by atoms with Gasteiger partial charge in [0.25, 0.3) is 0 Å². The van der Waals surface area contributed by atoms with Gasteiger partial charge in [0.05, 0.1) is 11.7 Å². The van der Waals surface area contributed by atoms with Gasteiger partial charge in [0, 0.05) is 39.5 Å². The quantitative estimate of drug-likeness (QED) is 0.602. The van der Waals surface area contributed by atoms with Gasteiger partial charge < -0.3 is 10.2 Å². The third-order valence-corrected chi connectivity index (χ3v) is 4.10. The molecule has 0 aromatic carbocycles. The van der Waals surface area contributed by atoms with Crippen molar-refractivity contribution in [3.63, 3.8) is 0 Å². The Labute approximate surface area is 143 Å². The van der Waals surface area contributed by atoms with E-state index in [1.807, 2.05) is 18.2 Å². The van der Waals surface area contributed by atoms with Crippen molar-refractivity contribution in [1.29, 1.82) is 0 Å². The summed E-state index contributed by atoms with van der Waals surface area (Å²) in [4.78, 5) is 31.9. The highest BCUT2D eigenvalue weighted by atomic mass is 16.2. The molecule has 1 aromatic rings. The molecule has 0 radical (unpaired) electrons. The average Bonchev–Trinajstić information content (AvgIpc) is 3.05. The van der Waals surface area contributed by atoms with Gasteiger partial charge in [-0.05, 0) is 44.0 Å². The molecule has 1 atom stereocenters. The van der Waals surface area contributed by atoms with Crippen LogP contribution in [0, 0.1) is 0 Å². The molecule has 1 aromatic heterocycles. The molecule has 24 heavy (non-hydrogen) atoms. The lowest BCUT2D eigenvalue weighted by molar-refractivity contribution is -0.133. The van der Waals surface area contributed by atoms with Crippen LogP contribution in [-0.2, 0) is 9.59 Å². The molecule has 1 aliphatic rings. The van der Waals surface area contributed by atoms with E-state index in [4.69, 9.17) is 0 Å². The zero-order valence-corrected chi connectivity index (χ0v) is 14.4. The maximum Gasteiger partial charge on any atom is 0.244 e. The number of hydrogen-bond donors (Lipinski definition) is 1. The van der Waals surface area contributed by atoms with Crippen LogP contribution >= 0.6 is 0 Å². The van der Waals surface area contributed by atoms with Crippen molar-refractivity contribution in [1.82, 2.24) is 20.1 Å². The molecular weight excluding hydrogens is 304 g/mol. The summed E-state index contributed by atoms with van der Waals surface area (Å²) in [5, 5.41) is 2.87. The van der Waals surface area contributed by atoms with Gasteiger partial charge in [0.1, 0.15) is 0 Å². The van der Waals surface area contributed by atoms with E-state index in [1.54, 1.807) is 31.3 Å². The highest BCUT2D eigenvalue weighted by molar-refractivity contribution is 5.91. The van der Waals surface area contributed by atoms with Crippen LogP contribution in [0.3, 0.4) is 0 Å². The van der Waals surface area contributed by atoms with Gasteiger partial charge in [0.2, 0.25) is 11.8 Å². The standard InChI is InChI=1S/C18H26N4O2/c1-21(2)18(24)16-8-5-13-22(16)14-6-12-20-17(23)10-9-15-7-3-4-11-19-15/h3-4,7,9-11,16H,5-6,8,12-14H2,1-2H3,(H,20,23)/b10-9-/t16-/m1/s1. The van der Waals surface area contributed by atoms with Crippen LogP contribution in [0.4, 0.5) is 0 Å². The molecule has 130 valence electrons. The highest BCUT2D eigenvalue weighted by Crippen LogP contribution is 2.18. The number of aromatic nitrogens is 1. The molecule has 6 heteroatoms. The maximum atomic E-state index is 12.1. The summed E-state index contributed by atoms with van der Waals surface area (Å²) < 4.78 is 0. The lowest BCUT2D eigenvalue weighted by atomic mass is 10.2. The Morgan fingerprint density at radius 3 is 2.96 bits per heavy atom. The first kappa shape index (κ1) is 18.1. The number of nitrogens with zero attached hydrogens (tertiary/aromatic N) is 3. The third-order valence-electron chi connectivity index (χ3n) is 4.10. The number of amides is 2. The van der Waals surface area contributed by atoms with Gasteiger partial charge in [-0.25, -0.2) is 0 Å². The van der Waals surface area contributed by atoms with Crippen LogP contribution in [0.25, 0.3) is 6.08 Å². The molecule has 1 saturated heterocycles. The average molecular weight is 330 g/mol. The Bertz CT molecular complexity index is 572. The molecule has 6 nitrogen and oxygen atoms in total. The van der Waals surface area contributed by atoms with Crippen molar-refractivity contribution in [2.75, 3.05) is 33.7 Å². The largest absolute Gasteiger partial charge is 0.353 e. The summed E-state index contributed by atoms with van der Waals surface area (Å²) in [6.45, 7) is 2.39. The lowest BCUT2D eigenvalue weighted by Crippen LogP contribution is -2.43. The number of pyridine rings is 1. The fourth-order valence-electron chi connectivity index (χ4n) is 2.86. The molecule has 1 aliphatic heterocycles. The topological polar surface area (TPSA) is 65.5 Å². The SMILES string of the molecule is CN(C)C(=O)[C@H]1CCCN1CCCNC(=O)/C=C\c1ccccn1. The van der Waals surface area contributed by atoms with Crippen molar-refractivity contribution in [2.24, 2.45) is 0 Å². The van der Waals surface area contributed by atoms with Crippen molar-refractivity contribution in [2.45, 2.75) is 25.3 Å². The minimum atomic E-state index is -0.122. The molecule has 0 aliphatic carbocycles. The van der Waals surface area contributed by atoms with Gasteiger partial charge in [-0.2, -0.15) is 0 Å². The van der Waals surface area contributed by atoms with Gasteiger partial charge >= 0.3 is 0 Å². The molecule has 1 fully saturated rings. The van der Waals surface area contributed by atoms with Crippen LogP contribution in [0.1, 0.15) is 25.0 Å². The summed E-state index contributed by atoms with van der Waals surface area (Å²) in [6.07, 6.45) is 7.71. The normalized spacial score (nSPS) is 18.0. The van der Waals surface area contributed by atoms with Gasteiger partial charge in [-0.3, -0.25) is 19.5 Å². The molecule has 0 bridgehead atoms. The minimum Gasteiger partial charge on any atom is -0.353 e. The Morgan fingerprint density at radius 1 is 1.42 bits per heavy atom. The van der Waals surface area contributed by atoms with E-state index in [1.165, 1.54) is 6.08 Å². The first-order chi connectivity index (χ1) is 11.6. The molecule has 0 unspecified atom stereocenters. The second kappa shape index (κ2) is 9.17. The predicted octanol–water partition coefficient (Wildman–Crippen LogP) is 1.15. The second-order valence-electron chi connectivity index (χ2n) is 6.16. The van der Waals surface area contributed by atoms with Crippen LogP contribution in [-0.4, -0.2) is 66.4 Å². The Balaban J connectivity index is 1.68. The first-order valence-electron chi connectivity index (χ1n) is 8.40. The van der Waals surface area contributed by atoms with Crippen molar-refractivity contribution >= 4 is 17.9 Å². The van der Waals surface area contributed by atoms with Gasteiger partial charge in [-0.15, -0.1) is 0 Å². The van der Waals surface area contributed by atoms with Crippen LogP contribution in [0.2, 0.25) is 0 Å². The molecule has 0 spiro atoms. The monoisotopic (exact) mass is 330 g/mol. The van der Waals surface area contributed by atoms with E-state index in [-0.39, 0.29) is 17.9 Å². The Kier molecular flexibility index (Phi) is 6.93. The molecular formula is C18H26N4O2. The Morgan fingerprint density at radius 2 is 2.25 bits per heavy atom. The number of carbonyl (C=O) groups is 2. The van der Waals surface area contributed by atoms with Crippen molar-refractivity contribution in [3.05, 3.63) is 36.2 Å². The van der Waals surface area contributed by atoms with E-state index in [0.29, 0.717) is 6.54 Å². The van der Waals surface area contributed by atoms with E-state index in [0.717, 1.165) is 38.0 Å². The minimum absolute atomic E-state index is 0.000229. The lowest BCUT2D eigenvalue weighted by Gasteiger charge is -2.25. The van der Waals surface area contributed by atoms with Crippen LogP contribution in [0.15, 0.2) is 30.5 Å². The summed E-state index contributed by atoms with van der Waals surface area (Å²) in [6, 6.07) is 5.56. The molecule has 2 amide bonds. The molecule has 2 heterocycles. The summed E-state index contributed by atoms with van der Waals surface area (Å²) >= 11 is 0. The number of rotatable bonds is 7. The number of carbonyl (C=O) groups excluding carboxylic acids is 2. The second-order valence-corrected chi connectivity index (χ2v) is 6.16. The predicted molar refractivity (Wildman–Crippen MR) is 94.2 cm³/mol. The van der Waals surface area contributed by atoms with Crippen molar-refractivity contribution < 1.29 is 9.59 Å². The number of hydrogen-bond acceptors (Lipinski definition) is 4. The zero-order valence-electron chi connectivity index (χ0n) is 14.4. The molecule has 0 saturated carbocycles. The summed E-state index contributed by atoms with van der Waals surface area (Å²) in [7, 11) is 3.60. The van der Waals surface area contributed by atoms with E-state index in [2.05, 4.69) is 15.2 Å². The van der Waals surface area contributed by atoms with Gasteiger partial charge in [-0.1, -0.05) is 6.07 Å². The molecule has 2 rings (SSSR count). The van der Waals surface area contributed by atoms with Gasteiger partial charge in [0.15, 0.2) is 0 Å². The Hall–Kier alpha value is -2.21. The summed E-state index contributed by atoms with van der Waals surface area (Å²) in [5.41, 5.74) is 0.759. The highest BCUT2D eigenvalue weighted by Gasteiger charge is 2.30. The fraction of sp³-hybridized carbons (Fsp3) is 0.500. The van der Waals surface area contributed by atoms with Crippen LogP contribution < -0.4 is 5.32 Å². The fourth-order valence-corrected chi connectivity index (χ4v) is 2.86. The van der Waals surface area contributed by atoms with Crippen molar-refractivity contribution in [3.8, 4) is 0 Å². The number of nitrogens with one attached hydrogen (secondary N) is 1. The number of likely N-dealkylation sites (tertiary alicyclic amines) is 1. The smallest absolute Gasteiger partial charge is 0.244 e. The number of likely N-dealkylation sites (N-methyl/N-ethyl adjacent to an activating group) is 1. The molecule has 1 N–H and O–H groups in total. The van der Waals surface area contributed by atoms with E-state index in [9.17, 15) is 9.59 Å². The third kappa shape index (κ3) is 5.45. The summed E-state index contributed by atoms with van der Waals surface area (Å²) in [5.74, 6) is 0.0535. The van der Waals surface area contributed by atoms with E-state index < -0.39 is 0 Å².